The lowest BCUT2D eigenvalue weighted by molar-refractivity contribution is 0.0668. The number of hydrogen-bond donors (Lipinski definition) is 1. The Morgan fingerprint density at radius 3 is 2.67 bits per heavy atom. The van der Waals surface area contributed by atoms with E-state index in [1.54, 1.807) is 16.8 Å². The van der Waals surface area contributed by atoms with Crippen molar-refractivity contribution >= 4 is 11.1 Å². The number of alkyl halides is 1. The van der Waals surface area contributed by atoms with Crippen molar-refractivity contribution < 1.29 is 19.0 Å². The van der Waals surface area contributed by atoms with E-state index in [1.165, 1.54) is 0 Å². The van der Waals surface area contributed by atoms with Gasteiger partial charge in [0.2, 0.25) is 0 Å². The second-order valence-electron chi connectivity index (χ2n) is 8.82. The van der Waals surface area contributed by atoms with Crippen LogP contribution in [0.15, 0.2) is 54.9 Å². The van der Waals surface area contributed by atoms with Gasteiger partial charge in [0.15, 0.2) is 0 Å². The molecule has 33 heavy (non-hydrogen) atoms. The van der Waals surface area contributed by atoms with Crippen LogP contribution in [-0.2, 0) is 7.05 Å². The van der Waals surface area contributed by atoms with Crippen LogP contribution in [0.4, 0.5) is 4.39 Å². The van der Waals surface area contributed by atoms with E-state index < -0.39 is 0 Å². The summed E-state index contributed by atoms with van der Waals surface area (Å²) in [5.74, 6) is 1.94. The van der Waals surface area contributed by atoms with Crippen LogP contribution < -0.4 is 9.47 Å². The molecule has 2 aliphatic rings. The van der Waals surface area contributed by atoms with Gasteiger partial charge in [0, 0.05) is 55.5 Å². The van der Waals surface area contributed by atoms with Gasteiger partial charge in [-0.25, -0.2) is 0 Å². The van der Waals surface area contributed by atoms with Gasteiger partial charge in [-0.05, 0) is 48.4 Å². The first-order chi connectivity index (χ1) is 16.0. The van der Waals surface area contributed by atoms with Gasteiger partial charge in [-0.3, -0.25) is 14.0 Å². The minimum atomic E-state index is -0.306. The molecule has 1 aromatic heterocycles. The molecule has 1 fully saturated rings. The molecule has 1 unspecified atom stereocenters. The predicted octanol–water partition coefficient (Wildman–Crippen LogP) is 4.47. The highest BCUT2D eigenvalue weighted by atomic mass is 19.1. The normalized spacial score (nSPS) is 18.6. The summed E-state index contributed by atoms with van der Waals surface area (Å²) in [7, 11) is 1.89. The van der Waals surface area contributed by atoms with Crippen molar-refractivity contribution in [2.24, 2.45) is 13.0 Å². The SMILES string of the molecule is CC1=C(c2cnn(C)c2)C(c2ccc(OCCN3CC(CF)C3)cc2)Oc2ccc(O)cc21. The largest absolute Gasteiger partial charge is 0.508 e. The van der Waals surface area contributed by atoms with Gasteiger partial charge in [-0.2, -0.15) is 5.10 Å². The first-order valence-corrected chi connectivity index (χ1v) is 11.2. The molecule has 1 N–H and O–H groups in total. The molecule has 0 bridgehead atoms. The van der Waals surface area contributed by atoms with Crippen LogP contribution in [0.3, 0.4) is 0 Å². The molecule has 172 valence electrons. The number of phenolic OH excluding ortho intramolecular Hbond substituents is 1. The maximum absolute atomic E-state index is 12.6. The average Bonchev–Trinajstić information content (AvgIpc) is 3.21. The van der Waals surface area contributed by atoms with E-state index in [0.717, 1.165) is 59.0 Å². The van der Waals surface area contributed by atoms with Crippen LogP contribution in [0, 0.1) is 5.92 Å². The fourth-order valence-corrected chi connectivity index (χ4v) is 4.59. The lowest BCUT2D eigenvalue weighted by Gasteiger charge is -2.37. The Kier molecular flexibility index (Phi) is 5.81. The molecule has 3 heterocycles. The van der Waals surface area contributed by atoms with E-state index >= 15 is 0 Å². The Labute approximate surface area is 192 Å². The molecule has 7 heteroatoms. The van der Waals surface area contributed by atoms with Gasteiger partial charge < -0.3 is 14.6 Å². The monoisotopic (exact) mass is 449 g/mol. The third kappa shape index (κ3) is 4.33. The number of aromatic hydroxyl groups is 1. The predicted molar refractivity (Wildman–Crippen MR) is 125 cm³/mol. The number of fused-ring (bicyclic) bond motifs is 1. The number of phenols is 1. The zero-order valence-electron chi connectivity index (χ0n) is 18.9. The van der Waals surface area contributed by atoms with Crippen LogP contribution in [0.5, 0.6) is 17.2 Å². The standard InChI is InChI=1S/C26H28FN3O3/c1-17-23-11-21(31)5-8-24(23)33-26(25(17)20-13-28-29(2)16-20)19-3-6-22(7-4-19)32-10-9-30-14-18(12-27)15-30/h3-8,11,13,16,18,26,31H,9-10,12,14-15H2,1-2H3. The summed E-state index contributed by atoms with van der Waals surface area (Å²) in [6.07, 6.45) is 3.51. The number of benzene rings is 2. The van der Waals surface area contributed by atoms with Crippen molar-refractivity contribution in [1.82, 2.24) is 14.7 Å². The zero-order valence-corrected chi connectivity index (χ0v) is 18.9. The van der Waals surface area contributed by atoms with Crippen LogP contribution in [0.1, 0.15) is 29.7 Å². The summed E-state index contributed by atoms with van der Waals surface area (Å²) in [6, 6.07) is 13.2. The number of rotatable bonds is 7. The van der Waals surface area contributed by atoms with Crippen molar-refractivity contribution in [3.63, 3.8) is 0 Å². The quantitative estimate of drug-likeness (QED) is 0.577. The van der Waals surface area contributed by atoms with Crippen molar-refractivity contribution in [3.8, 4) is 17.2 Å². The summed E-state index contributed by atoms with van der Waals surface area (Å²) in [6.45, 7) is 4.84. The summed E-state index contributed by atoms with van der Waals surface area (Å²) in [5, 5.41) is 14.3. The topological polar surface area (TPSA) is 59.8 Å². The zero-order chi connectivity index (χ0) is 22.9. The number of aryl methyl sites for hydroxylation is 1. The lowest BCUT2D eigenvalue weighted by atomic mass is 9.87. The molecule has 0 spiro atoms. The van der Waals surface area contributed by atoms with Gasteiger partial charge >= 0.3 is 0 Å². The van der Waals surface area contributed by atoms with Crippen LogP contribution in [-0.4, -0.2) is 52.7 Å². The summed E-state index contributed by atoms with van der Waals surface area (Å²) >= 11 is 0. The molecule has 2 aromatic carbocycles. The Morgan fingerprint density at radius 2 is 1.97 bits per heavy atom. The second-order valence-corrected chi connectivity index (χ2v) is 8.82. The molecule has 5 rings (SSSR count). The molecule has 1 atom stereocenters. The lowest BCUT2D eigenvalue weighted by Crippen LogP contribution is -2.49. The highest BCUT2D eigenvalue weighted by molar-refractivity contribution is 5.95. The van der Waals surface area contributed by atoms with Gasteiger partial charge in [-0.15, -0.1) is 0 Å². The van der Waals surface area contributed by atoms with Crippen molar-refractivity contribution in [3.05, 3.63) is 71.5 Å². The molecule has 2 aliphatic heterocycles. The summed E-state index contributed by atoms with van der Waals surface area (Å²) in [5.41, 5.74) is 4.94. The van der Waals surface area contributed by atoms with E-state index in [9.17, 15) is 9.50 Å². The Bertz CT molecular complexity index is 1170. The number of nitrogens with zero attached hydrogens (tertiary/aromatic N) is 3. The Balaban J connectivity index is 1.36. The van der Waals surface area contributed by atoms with Crippen molar-refractivity contribution in [1.29, 1.82) is 0 Å². The molecular weight excluding hydrogens is 421 g/mol. The third-order valence-electron chi connectivity index (χ3n) is 6.40. The van der Waals surface area contributed by atoms with E-state index in [1.807, 2.05) is 49.8 Å². The van der Waals surface area contributed by atoms with Gasteiger partial charge in [0.25, 0.3) is 0 Å². The fourth-order valence-electron chi connectivity index (χ4n) is 4.59. The Hall–Kier alpha value is -3.32. The number of likely N-dealkylation sites (tertiary alicyclic amines) is 1. The number of hydrogen-bond acceptors (Lipinski definition) is 5. The summed E-state index contributed by atoms with van der Waals surface area (Å²) < 4.78 is 26.7. The minimum absolute atomic E-state index is 0.194. The highest BCUT2D eigenvalue weighted by Gasteiger charge is 2.30. The first-order valence-electron chi connectivity index (χ1n) is 11.2. The molecule has 0 amide bonds. The van der Waals surface area contributed by atoms with E-state index in [2.05, 4.69) is 16.9 Å². The molecule has 3 aromatic rings. The molecular formula is C26H28FN3O3. The smallest absolute Gasteiger partial charge is 0.150 e. The summed E-state index contributed by atoms with van der Waals surface area (Å²) in [4.78, 5) is 2.21. The fraction of sp³-hybridized carbons (Fsp3) is 0.346. The average molecular weight is 450 g/mol. The minimum Gasteiger partial charge on any atom is -0.508 e. The van der Waals surface area contributed by atoms with E-state index in [-0.39, 0.29) is 24.4 Å². The third-order valence-corrected chi connectivity index (χ3v) is 6.40. The Morgan fingerprint density at radius 1 is 1.18 bits per heavy atom. The van der Waals surface area contributed by atoms with Crippen LogP contribution >= 0.6 is 0 Å². The van der Waals surface area contributed by atoms with Gasteiger partial charge in [0.1, 0.15) is 30.0 Å². The number of aromatic nitrogens is 2. The molecule has 0 saturated carbocycles. The first kappa shape index (κ1) is 21.5. The van der Waals surface area contributed by atoms with Gasteiger partial charge in [0.05, 0.1) is 12.9 Å². The van der Waals surface area contributed by atoms with Crippen LogP contribution in [0.25, 0.3) is 11.1 Å². The van der Waals surface area contributed by atoms with Gasteiger partial charge in [-0.1, -0.05) is 12.1 Å². The maximum atomic E-state index is 12.6. The van der Waals surface area contributed by atoms with Crippen molar-refractivity contribution in [2.75, 3.05) is 32.9 Å². The number of halogens is 1. The molecule has 0 aliphatic carbocycles. The second kappa shape index (κ2) is 8.90. The number of ether oxygens (including phenoxy) is 2. The molecule has 1 saturated heterocycles. The number of allylic oxidation sites excluding steroid dienone is 1. The molecule has 6 nitrogen and oxygen atoms in total. The van der Waals surface area contributed by atoms with Crippen molar-refractivity contribution in [2.45, 2.75) is 13.0 Å². The van der Waals surface area contributed by atoms with E-state index in [4.69, 9.17) is 9.47 Å². The van der Waals surface area contributed by atoms with Crippen LogP contribution in [0.2, 0.25) is 0 Å². The molecule has 0 radical (unpaired) electrons. The maximum Gasteiger partial charge on any atom is 0.150 e. The highest BCUT2D eigenvalue weighted by Crippen LogP contribution is 2.47. The van der Waals surface area contributed by atoms with E-state index in [0.29, 0.717) is 6.61 Å².